The van der Waals surface area contributed by atoms with E-state index < -0.39 is 0 Å². The Kier molecular flexibility index (Phi) is 7.86. The van der Waals surface area contributed by atoms with Crippen LogP contribution in [0.4, 0.5) is 0 Å². The van der Waals surface area contributed by atoms with Crippen LogP contribution in [-0.2, 0) is 19.6 Å². The monoisotopic (exact) mass is 551 g/mol. The molecule has 0 radical (unpaired) electrons. The van der Waals surface area contributed by atoms with Crippen molar-refractivity contribution >= 4 is 0 Å². The molecule has 0 unspecified atom stereocenters. The van der Waals surface area contributed by atoms with E-state index in [0.717, 1.165) is 47.5 Å². The summed E-state index contributed by atoms with van der Waals surface area (Å²) in [6.07, 6.45) is 12.6. The second kappa shape index (κ2) is 12.2. The SMILES string of the molecule is CC[n+]1ccc(-c2ccc(-c3nc(-c4ccc(-c5cc[n+](CC)cc5)cc4)nc(-c4cc[n+](CC)cc4)n3)cc2)cc1. The maximum atomic E-state index is 4.95. The van der Waals surface area contributed by atoms with E-state index in [0.29, 0.717) is 17.5 Å². The van der Waals surface area contributed by atoms with Crippen LogP contribution in [0.3, 0.4) is 0 Å². The Bertz CT molecular complexity index is 1670. The molecule has 2 aromatic carbocycles. The summed E-state index contributed by atoms with van der Waals surface area (Å²) in [5.74, 6) is 1.97. The van der Waals surface area contributed by atoms with Crippen LogP contribution in [0.1, 0.15) is 20.8 Å². The van der Waals surface area contributed by atoms with Crippen LogP contribution in [-0.4, -0.2) is 15.0 Å². The molecule has 0 aliphatic carbocycles. The molecule has 4 aromatic heterocycles. The van der Waals surface area contributed by atoms with Gasteiger partial charge in [-0.15, -0.1) is 0 Å². The molecule has 6 aromatic rings. The highest BCUT2D eigenvalue weighted by atomic mass is 15.0. The van der Waals surface area contributed by atoms with Gasteiger partial charge in [0, 0.05) is 53.1 Å². The molecule has 6 nitrogen and oxygen atoms in total. The van der Waals surface area contributed by atoms with E-state index in [2.05, 4.69) is 157 Å². The highest BCUT2D eigenvalue weighted by Crippen LogP contribution is 2.28. The van der Waals surface area contributed by atoms with E-state index in [9.17, 15) is 0 Å². The Hall–Kier alpha value is -5.10. The predicted octanol–water partition coefficient (Wildman–Crippen LogP) is 6.13. The van der Waals surface area contributed by atoms with Crippen molar-refractivity contribution in [2.75, 3.05) is 0 Å². The minimum Gasteiger partial charge on any atom is -0.208 e. The topological polar surface area (TPSA) is 50.3 Å². The van der Waals surface area contributed by atoms with Gasteiger partial charge in [0.05, 0.1) is 0 Å². The Morgan fingerprint density at radius 2 is 0.548 bits per heavy atom. The molecule has 0 aliphatic heterocycles. The zero-order valence-electron chi connectivity index (χ0n) is 24.4. The lowest BCUT2D eigenvalue weighted by Gasteiger charge is -2.09. The summed E-state index contributed by atoms with van der Waals surface area (Å²) in [6, 6.07) is 29.6. The summed E-state index contributed by atoms with van der Waals surface area (Å²) >= 11 is 0. The van der Waals surface area contributed by atoms with E-state index in [1.165, 1.54) is 11.1 Å². The Morgan fingerprint density at radius 3 is 0.833 bits per heavy atom. The Morgan fingerprint density at radius 1 is 0.333 bits per heavy atom. The fourth-order valence-corrected chi connectivity index (χ4v) is 4.93. The molecule has 6 rings (SSSR count). The quantitative estimate of drug-likeness (QED) is 0.214. The van der Waals surface area contributed by atoms with Gasteiger partial charge in [-0.1, -0.05) is 48.5 Å². The van der Waals surface area contributed by atoms with Crippen LogP contribution in [0.25, 0.3) is 56.4 Å². The molecule has 0 spiro atoms. The minimum atomic E-state index is 0.655. The smallest absolute Gasteiger partial charge is 0.169 e. The fraction of sp³-hybridized carbons (Fsp3) is 0.167. The lowest BCUT2D eigenvalue weighted by Crippen LogP contribution is -2.30. The van der Waals surface area contributed by atoms with Gasteiger partial charge in [0.25, 0.3) is 0 Å². The molecule has 0 aliphatic rings. The summed E-state index contributed by atoms with van der Waals surface area (Å²) in [4.78, 5) is 14.8. The first-order valence-electron chi connectivity index (χ1n) is 14.6. The molecule has 0 saturated heterocycles. The first-order valence-corrected chi connectivity index (χ1v) is 14.6. The van der Waals surface area contributed by atoms with Crippen molar-refractivity contribution in [2.45, 2.75) is 40.4 Å². The van der Waals surface area contributed by atoms with E-state index >= 15 is 0 Å². The molecule has 0 fully saturated rings. The summed E-state index contributed by atoms with van der Waals surface area (Å²) in [7, 11) is 0. The van der Waals surface area contributed by atoms with Crippen molar-refractivity contribution in [3.8, 4) is 56.4 Å². The first-order chi connectivity index (χ1) is 20.6. The summed E-state index contributed by atoms with van der Waals surface area (Å²) in [5.41, 5.74) is 7.54. The maximum Gasteiger partial charge on any atom is 0.169 e. The Labute approximate surface area is 247 Å². The van der Waals surface area contributed by atoms with Gasteiger partial charge in [-0.3, -0.25) is 0 Å². The van der Waals surface area contributed by atoms with Crippen molar-refractivity contribution in [3.63, 3.8) is 0 Å². The number of hydrogen-bond donors (Lipinski definition) is 0. The zero-order chi connectivity index (χ0) is 28.9. The van der Waals surface area contributed by atoms with Gasteiger partial charge in [-0.25, -0.2) is 28.7 Å². The van der Waals surface area contributed by atoms with Crippen molar-refractivity contribution in [1.82, 2.24) is 15.0 Å². The van der Waals surface area contributed by atoms with E-state index in [-0.39, 0.29) is 0 Å². The van der Waals surface area contributed by atoms with Gasteiger partial charge in [0.2, 0.25) is 0 Å². The number of aromatic nitrogens is 6. The summed E-state index contributed by atoms with van der Waals surface area (Å²) in [6.45, 7) is 9.23. The van der Waals surface area contributed by atoms with Crippen LogP contribution >= 0.6 is 0 Å². The van der Waals surface area contributed by atoms with E-state index in [1.807, 2.05) is 0 Å². The fourth-order valence-electron chi connectivity index (χ4n) is 4.93. The first kappa shape index (κ1) is 27.1. The van der Waals surface area contributed by atoms with Gasteiger partial charge in [-0.2, -0.15) is 0 Å². The highest BCUT2D eigenvalue weighted by molar-refractivity contribution is 5.71. The number of nitrogens with zero attached hydrogens (tertiary/aromatic N) is 6. The average molecular weight is 552 g/mol. The van der Waals surface area contributed by atoms with Crippen molar-refractivity contribution < 1.29 is 13.7 Å². The van der Waals surface area contributed by atoms with Crippen LogP contribution in [0.15, 0.2) is 122 Å². The standard InChI is InChI=1S/C36H35N6/c1-4-40-21-15-29(16-22-40)27-7-11-31(12-8-27)34-37-35(39-36(38-34)33-19-25-42(6-3)26-20-33)32-13-9-28(10-14-32)30-17-23-41(5-2)24-18-30/h7-26H,4-6H2,1-3H3/q+3. The number of pyridine rings is 3. The highest BCUT2D eigenvalue weighted by Gasteiger charge is 2.14. The third-order valence-electron chi connectivity index (χ3n) is 7.62. The molecule has 6 heteroatoms. The van der Waals surface area contributed by atoms with Crippen LogP contribution in [0.2, 0.25) is 0 Å². The Balaban J connectivity index is 1.37. The normalized spacial score (nSPS) is 11.0. The minimum absolute atomic E-state index is 0.655. The third-order valence-corrected chi connectivity index (χ3v) is 7.62. The van der Waals surface area contributed by atoms with Crippen LogP contribution < -0.4 is 13.7 Å². The van der Waals surface area contributed by atoms with Gasteiger partial charge in [0.15, 0.2) is 54.7 Å². The van der Waals surface area contributed by atoms with Gasteiger partial charge in [0.1, 0.15) is 19.6 Å². The van der Waals surface area contributed by atoms with Crippen molar-refractivity contribution in [1.29, 1.82) is 0 Å². The molecule has 42 heavy (non-hydrogen) atoms. The summed E-state index contributed by atoms with van der Waals surface area (Å²) < 4.78 is 6.44. The third kappa shape index (κ3) is 5.84. The number of aryl methyl sites for hydroxylation is 3. The van der Waals surface area contributed by atoms with Crippen molar-refractivity contribution in [2.24, 2.45) is 0 Å². The number of hydrogen-bond acceptors (Lipinski definition) is 3. The lowest BCUT2D eigenvalue weighted by atomic mass is 10.0. The van der Waals surface area contributed by atoms with E-state index in [1.54, 1.807) is 0 Å². The molecule has 0 atom stereocenters. The zero-order valence-corrected chi connectivity index (χ0v) is 24.4. The van der Waals surface area contributed by atoms with Gasteiger partial charge >= 0.3 is 0 Å². The predicted molar refractivity (Wildman–Crippen MR) is 165 cm³/mol. The lowest BCUT2D eigenvalue weighted by molar-refractivity contribution is -0.693. The van der Waals surface area contributed by atoms with Gasteiger partial charge in [-0.05, 0) is 43.0 Å². The largest absolute Gasteiger partial charge is 0.208 e. The van der Waals surface area contributed by atoms with Crippen molar-refractivity contribution in [3.05, 3.63) is 122 Å². The van der Waals surface area contributed by atoms with Crippen LogP contribution in [0, 0.1) is 0 Å². The summed E-state index contributed by atoms with van der Waals surface area (Å²) in [5, 5.41) is 0. The number of rotatable bonds is 8. The molecular formula is C36H35N6+3. The van der Waals surface area contributed by atoms with E-state index in [4.69, 9.17) is 15.0 Å². The molecule has 0 amide bonds. The van der Waals surface area contributed by atoms with Crippen LogP contribution in [0.5, 0.6) is 0 Å². The molecular weight excluding hydrogens is 516 g/mol. The molecule has 206 valence electrons. The molecule has 0 N–H and O–H groups in total. The second-order valence-corrected chi connectivity index (χ2v) is 10.2. The molecule has 0 saturated carbocycles. The average Bonchev–Trinajstić information content (AvgIpc) is 3.08. The second-order valence-electron chi connectivity index (χ2n) is 10.2. The molecule has 4 heterocycles. The number of benzene rings is 2. The van der Waals surface area contributed by atoms with Gasteiger partial charge < -0.3 is 0 Å². The maximum absolute atomic E-state index is 4.95. The molecule has 0 bridgehead atoms.